The lowest BCUT2D eigenvalue weighted by Crippen LogP contribution is -2.53. The van der Waals surface area contributed by atoms with Crippen molar-refractivity contribution in [3.05, 3.63) is 42.2 Å². The van der Waals surface area contributed by atoms with Crippen molar-refractivity contribution in [2.75, 3.05) is 25.9 Å². The lowest BCUT2D eigenvalue weighted by Gasteiger charge is -2.41. The van der Waals surface area contributed by atoms with Gasteiger partial charge in [-0.3, -0.25) is 14.3 Å². The van der Waals surface area contributed by atoms with Crippen molar-refractivity contribution in [1.82, 2.24) is 19.8 Å². The Morgan fingerprint density at radius 1 is 1.19 bits per heavy atom. The number of hydrogen-bond acceptors (Lipinski definition) is 4. The van der Waals surface area contributed by atoms with Gasteiger partial charge in [0.05, 0.1) is 0 Å². The number of hydrogen-bond donors (Lipinski definition) is 1. The van der Waals surface area contributed by atoms with Crippen LogP contribution in [-0.2, 0) is 0 Å². The molecule has 1 aliphatic heterocycles. The van der Waals surface area contributed by atoms with Gasteiger partial charge >= 0.3 is 0 Å². The summed E-state index contributed by atoms with van der Waals surface area (Å²) in [6.07, 6.45) is 9.55. The summed E-state index contributed by atoms with van der Waals surface area (Å²) in [4.78, 5) is 19.3. The molecule has 1 saturated heterocycles. The van der Waals surface area contributed by atoms with E-state index in [-0.39, 0.29) is 11.4 Å². The molecule has 0 aliphatic carbocycles. The van der Waals surface area contributed by atoms with E-state index in [1.165, 1.54) is 19.3 Å². The van der Waals surface area contributed by atoms with Crippen molar-refractivity contribution in [1.29, 1.82) is 0 Å². The topological polar surface area (TPSA) is 50.2 Å². The molecule has 6 heteroatoms. The lowest BCUT2D eigenvalue weighted by atomic mass is 9.98. The van der Waals surface area contributed by atoms with Crippen molar-refractivity contribution in [2.45, 2.75) is 43.8 Å². The van der Waals surface area contributed by atoms with Crippen molar-refractivity contribution in [3.8, 4) is 5.69 Å². The number of rotatable bonds is 6. The average molecular weight is 373 g/mol. The van der Waals surface area contributed by atoms with Crippen molar-refractivity contribution >= 4 is 17.7 Å². The number of amides is 1. The molecule has 0 unspecified atom stereocenters. The molecule has 140 valence electrons. The minimum atomic E-state index is -0.0163. The highest BCUT2D eigenvalue weighted by Crippen LogP contribution is 2.21. The van der Waals surface area contributed by atoms with Gasteiger partial charge in [0.2, 0.25) is 0 Å². The molecule has 3 rings (SSSR count). The Bertz CT molecular complexity index is 733. The second-order valence-electron chi connectivity index (χ2n) is 7.37. The number of thioether (sulfide) groups is 1. The summed E-state index contributed by atoms with van der Waals surface area (Å²) < 4.78 is 2.02. The van der Waals surface area contributed by atoms with E-state index in [0.717, 1.165) is 23.9 Å². The third-order valence-electron chi connectivity index (χ3n) is 5.09. The van der Waals surface area contributed by atoms with Gasteiger partial charge in [0.15, 0.2) is 5.16 Å². The van der Waals surface area contributed by atoms with Crippen molar-refractivity contribution in [2.24, 2.45) is 0 Å². The first-order valence-electron chi connectivity index (χ1n) is 9.22. The van der Waals surface area contributed by atoms with E-state index in [0.29, 0.717) is 12.1 Å². The third kappa shape index (κ3) is 4.30. The average Bonchev–Trinajstić information content (AvgIpc) is 3.16. The molecule has 5 nitrogen and oxygen atoms in total. The predicted molar refractivity (Wildman–Crippen MR) is 107 cm³/mol. The molecule has 26 heavy (non-hydrogen) atoms. The van der Waals surface area contributed by atoms with Crippen molar-refractivity contribution < 1.29 is 4.79 Å². The molecule has 0 spiro atoms. The SMILES string of the molecule is CSc1nccn1-c1ccc(C(=O)NCC(C)(C)N2CCCCC2)cc1. The van der Waals surface area contributed by atoms with Gasteiger partial charge in [-0.2, -0.15) is 0 Å². The van der Waals surface area contributed by atoms with Crippen LogP contribution in [0.1, 0.15) is 43.5 Å². The maximum absolute atomic E-state index is 12.5. The van der Waals surface area contributed by atoms with E-state index in [2.05, 4.69) is 29.0 Å². The third-order valence-corrected chi connectivity index (χ3v) is 5.76. The van der Waals surface area contributed by atoms with Gasteiger partial charge in [-0.1, -0.05) is 18.2 Å². The first kappa shape index (κ1) is 19.0. The van der Waals surface area contributed by atoms with E-state index in [9.17, 15) is 4.79 Å². The van der Waals surface area contributed by atoms with Crippen LogP contribution >= 0.6 is 11.8 Å². The van der Waals surface area contributed by atoms with Crippen LogP contribution in [0.25, 0.3) is 5.69 Å². The smallest absolute Gasteiger partial charge is 0.251 e. The molecule has 0 bridgehead atoms. The van der Waals surface area contributed by atoms with Crippen LogP contribution in [-0.4, -0.2) is 51.8 Å². The first-order valence-corrected chi connectivity index (χ1v) is 10.4. The lowest BCUT2D eigenvalue weighted by molar-refractivity contribution is 0.0797. The molecular formula is C20H28N4OS. The number of carbonyl (C=O) groups excluding carboxylic acids is 1. The Morgan fingerprint density at radius 3 is 2.54 bits per heavy atom. The zero-order valence-corrected chi connectivity index (χ0v) is 16.7. The van der Waals surface area contributed by atoms with E-state index in [1.54, 1.807) is 18.0 Å². The molecule has 1 aliphatic rings. The van der Waals surface area contributed by atoms with Crippen LogP contribution in [0.3, 0.4) is 0 Å². The highest BCUT2D eigenvalue weighted by Gasteiger charge is 2.28. The van der Waals surface area contributed by atoms with E-state index in [1.807, 2.05) is 41.3 Å². The maximum Gasteiger partial charge on any atom is 0.251 e. The standard InChI is InChI=1S/C20H28N4OS/c1-20(2,23-12-5-4-6-13-23)15-22-18(25)16-7-9-17(10-8-16)24-14-11-21-19(24)26-3/h7-11,14H,4-6,12-13,15H2,1-3H3,(H,22,25). The number of nitrogens with one attached hydrogen (secondary N) is 1. The van der Waals surface area contributed by atoms with Gasteiger partial charge in [0.25, 0.3) is 5.91 Å². The summed E-state index contributed by atoms with van der Waals surface area (Å²) in [5.74, 6) is -0.0163. The minimum absolute atomic E-state index is 0.0138. The maximum atomic E-state index is 12.5. The number of imidazole rings is 1. The van der Waals surface area contributed by atoms with Crippen LogP contribution < -0.4 is 5.32 Å². The number of nitrogens with zero attached hydrogens (tertiary/aromatic N) is 3. The molecule has 2 aromatic rings. The van der Waals surface area contributed by atoms with E-state index in [4.69, 9.17) is 0 Å². The molecule has 1 fully saturated rings. The highest BCUT2D eigenvalue weighted by molar-refractivity contribution is 7.98. The van der Waals surface area contributed by atoms with Gasteiger partial charge in [-0.25, -0.2) is 4.98 Å². The zero-order valence-electron chi connectivity index (χ0n) is 15.9. The Kier molecular flexibility index (Phi) is 6.04. The molecule has 1 amide bonds. The fraction of sp³-hybridized carbons (Fsp3) is 0.500. The number of aromatic nitrogens is 2. The summed E-state index contributed by atoms with van der Waals surface area (Å²) in [5.41, 5.74) is 1.69. The van der Waals surface area contributed by atoms with Crippen LogP contribution in [0.2, 0.25) is 0 Å². The molecule has 1 aromatic heterocycles. The highest BCUT2D eigenvalue weighted by atomic mass is 32.2. The van der Waals surface area contributed by atoms with Crippen LogP contribution in [0.4, 0.5) is 0 Å². The number of piperidine rings is 1. The normalized spacial score (nSPS) is 15.8. The van der Waals surface area contributed by atoms with Gasteiger partial charge in [-0.15, -0.1) is 0 Å². The number of carbonyl (C=O) groups is 1. The van der Waals surface area contributed by atoms with Gasteiger partial charge < -0.3 is 5.32 Å². The second kappa shape index (κ2) is 8.27. The summed E-state index contributed by atoms with van der Waals surface area (Å²) in [6.45, 7) is 7.33. The largest absolute Gasteiger partial charge is 0.350 e. The predicted octanol–water partition coefficient (Wildman–Crippen LogP) is 3.59. The van der Waals surface area contributed by atoms with Crippen LogP contribution in [0, 0.1) is 0 Å². The van der Waals surface area contributed by atoms with Gasteiger partial charge in [0, 0.05) is 35.7 Å². The summed E-state index contributed by atoms with van der Waals surface area (Å²) in [5, 5.41) is 4.05. The molecule has 1 aromatic carbocycles. The summed E-state index contributed by atoms with van der Waals surface area (Å²) in [6, 6.07) is 7.68. The molecule has 2 heterocycles. The summed E-state index contributed by atoms with van der Waals surface area (Å²) >= 11 is 1.60. The van der Waals surface area contributed by atoms with Gasteiger partial charge in [0.1, 0.15) is 0 Å². The first-order chi connectivity index (χ1) is 12.5. The molecular weight excluding hydrogens is 344 g/mol. The fourth-order valence-corrected chi connectivity index (χ4v) is 3.95. The summed E-state index contributed by atoms with van der Waals surface area (Å²) in [7, 11) is 0. The van der Waals surface area contributed by atoms with Crippen LogP contribution in [0.15, 0.2) is 41.8 Å². The van der Waals surface area contributed by atoms with Crippen LogP contribution in [0.5, 0.6) is 0 Å². The number of benzene rings is 1. The monoisotopic (exact) mass is 372 g/mol. The molecule has 0 radical (unpaired) electrons. The molecule has 1 N–H and O–H groups in total. The molecule has 0 atom stereocenters. The van der Waals surface area contributed by atoms with Gasteiger partial charge in [-0.05, 0) is 70.3 Å². The van der Waals surface area contributed by atoms with Crippen molar-refractivity contribution in [3.63, 3.8) is 0 Å². The Balaban J connectivity index is 1.61. The Hall–Kier alpha value is -1.79. The van der Waals surface area contributed by atoms with E-state index < -0.39 is 0 Å². The minimum Gasteiger partial charge on any atom is -0.350 e. The quantitative estimate of drug-likeness (QED) is 0.788. The van der Waals surface area contributed by atoms with E-state index >= 15 is 0 Å². The number of likely N-dealkylation sites (tertiary alicyclic amines) is 1. The zero-order chi connectivity index (χ0) is 18.6. The second-order valence-corrected chi connectivity index (χ2v) is 8.15. The Morgan fingerprint density at radius 2 is 1.88 bits per heavy atom. The Labute approximate surface area is 160 Å². The fourth-order valence-electron chi connectivity index (χ4n) is 3.42. The molecule has 0 saturated carbocycles.